The van der Waals surface area contributed by atoms with E-state index in [4.69, 9.17) is 14.3 Å². The maximum absolute atomic E-state index is 12.5. The van der Waals surface area contributed by atoms with Gasteiger partial charge < -0.3 is 19.6 Å². The van der Waals surface area contributed by atoms with Gasteiger partial charge in [-0.3, -0.25) is 10.1 Å². The van der Waals surface area contributed by atoms with Crippen LogP contribution in [-0.2, 0) is 9.53 Å². The molecule has 1 heterocycles. The number of fused-ring (bicyclic) bond motifs is 3. The first kappa shape index (κ1) is 21.2. The summed E-state index contributed by atoms with van der Waals surface area (Å²) in [5.74, 6) is -2.18. The smallest absolute Gasteiger partial charge is 0.411 e. The van der Waals surface area contributed by atoms with Crippen LogP contribution in [0.1, 0.15) is 40.9 Å². The summed E-state index contributed by atoms with van der Waals surface area (Å²) in [6, 6.07) is 16.3. The van der Waals surface area contributed by atoms with E-state index in [0.717, 1.165) is 22.3 Å². The number of amides is 2. The lowest BCUT2D eigenvalue weighted by Crippen LogP contribution is -2.40. The summed E-state index contributed by atoms with van der Waals surface area (Å²) in [7, 11) is 0. The summed E-state index contributed by atoms with van der Waals surface area (Å²) in [4.78, 5) is 36.0. The Morgan fingerprint density at radius 1 is 1.03 bits per heavy atom. The standard InChI is InChI=1S/C24H22N2O6/c1-2-19(23(28)29)25-22(27)21-20(11-12-31-21)26-24(30)32-13-18-16-9-5-3-7-14(16)15-8-4-6-10-17(15)18/h3-12,18-19H,2,13H2,1H3,(H,25,27)(H,26,30)(H,28,29)/t19-/m1/s1. The molecule has 0 unspecified atom stereocenters. The van der Waals surface area contributed by atoms with Crippen LogP contribution in [0.15, 0.2) is 65.3 Å². The Labute approximate surface area is 184 Å². The number of hydrogen-bond acceptors (Lipinski definition) is 5. The first-order valence-electron chi connectivity index (χ1n) is 10.2. The normalized spacial score (nSPS) is 13.0. The lowest BCUT2D eigenvalue weighted by Gasteiger charge is -2.15. The van der Waals surface area contributed by atoms with Gasteiger partial charge in [-0.1, -0.05) is 55.5 Å². The number of benzene rings is 2. The van der Waals surface area contributed by atoms with Crippen molar-refractivity contribution in [2.24, 2.45) is 0 Å². The van der Waals surface area contributed by atoms with Gasteiger partial charge in [0.15, 0.2) is 0 Å². The quantitative estimate of drug-likeness (QED) is 0.512. The summed E-state index contributed by atoms with van der Waals surface area (Å²) >= 11 is 0. The fourth-order valence-electron chi connectivity index (χ4n) is 3.89. The van der Waals surface area contributed by atoms with Gasteiger partial charge in [-0.15, -0.1) is 0 Å². The van der Waals surface area contributed by atoms with E-state index in [1.807, 2.05) is 48.5 Å². The molecule has 32 heavy (non-hydrogen) atoms. The van der Waals surface area contributed by atoms with E-state index >= 15 is 0 Å². The molecule has 0 bridgehead atoms. The zero-order valence-electron chi connectivity index (χ0n) is 17.3. The molecule has 8 nitrogen and oxygen atoms in total. The number of carboxylic acid groups (broad SMARTS) is 1. The average molecular weight is 434 g/mol. The van der Waals surface area contributed by atoms with Crippen molar-refractivity contribution in [3.05, 3.63) is 77.7 Å². The Balaban J connectivity index is 1.42. The topological polar surface area (TPSA) is 118 Å². The Morgan fingerprint density at radius 2 is 1.66 bits per heavy atom. The number of rotatable bonds is 7. The van der Waals surface area contributed by atoms with E-state index in [0.29, 0.717) is 0 Å². The van der Waals surface area contributed by atoms with Crippen molar-refractivity contribution in [1.29, 1.82) is 0 Å². The van der Waals surface area contributed by atoms with Gasteiger partial charge in [0.25, 0.3) is 5.91 Å². The molecule has 1 aliphatic rings. The summed E-state index contributed by atoms with van der Waals surface area (Å²) in [5, 5.41) is 14.0. The number of aliphatic carboxylic acids is 1. The molecule has 4 rings (SSSR count). The first-order valence-corrected chi connectivity index (χ1v) is 10.2. The van der Waals surface area contributed by atoms with Crippen molar-refractivity contribution in [2.75, 3.05) is 11.9 Å². The van der Waals surface area contributed by atoms with Crippen molar-refractivity contribution in [2.45, 2.75) is 25.3 Å². The number of carbonyl (C=O) groups is 3. The Morgan fingerprint density at radius 3 is 2.25 bits per heavy atom. The van der Waals surface area contributed by atoms with Gasteiger partial charge in [0.2, 0.25) is 5.76 Å². The number of furan rings is 1. The molecule has 8 heteroatoms. The molecule has 2 aromatic carbocycles. The second-order valence-corrected chi connectivity index (χ2v) is 7.39. The van der Waals surface area contributed by atoms with Crippen molar-refractivity contribution < 1.29 is 28.6 Å². The SMILES string of the molecule is CC[C@@H](NC(=O)c1occc1NC(=O)OCC1c2ccccc2-c2ccccc21)C(=O)O. The maximum Gasteiger partial charge on any atom is 0.411 e. The number of nitrogens with one attached hydrogen (secondary N) is 2. The molecule has 2 amide bonds. The first-order chi connectivity index (χ1) is 15.5. The van der Waals surface area contributed by atoms with Crippen molar-refractivity contribution in [3.63, 3.8) is 0 Å². The zero-order chi connectivity index (χ0) is 22.7. The third-order valence-electron chi connectivity index (χ3n) is 5.46. The van der Waals surface area contributed by atoms with Crippen LogP contribution in [-0.4, -0.2) is 35.7 Å². The molecule has 0 spiro atoms. The molecule has 0 aliphatic heterocycles. The molecule has 1 aliphatic carbocycles. The summed E-state index contributed by atoms with van der Waals surface area (Å²) in [6.45, 7) is 1.76. The molecule has 0 saturated carbocycles. The summed E-state index contributed by atoms with van der Waals surface area (Å²) in [5.41, 5.74) is 4.51. The van der Waals surface area contributed by atoms with Crippen LogP contribution in [0.4, 0.5) is 10.5 Å². The van der Waals surface area contributed by atoms with E-state index in [1.165, 1.54) is 12.3 Å². The second kappa shape index (κ2) is 8.97. The Hall–Kier alpha value is -4.07. The lowest BCUT2D eigenvalue weighted by atomic mass is 9.98. The van der Waals surface area contributed by atoms with Crippen LogP contribution in [0.3, 0.4) is 0 Å². The fourth-order valence-corrected chi connectivity index (χ4v) is 3.89. The fraction of sp³-hybridized carbons (Fsp3) is 0.208. The number of carboxylic acids is 1. The predicted octanol–water partition coefficient (Wildman–Crippen LogP) is 4.23. The van der Waals surface area contributed by atoms with Crippen LogP contribution >= 0.6 is 0 Å². The van der Waals surface area contributed by atoms with Crippen LogP contribution in [0.2, 0.25) is 0 Å². The van der Waals surface area contributed by atoms with Gasteiger partial charge in [0, 0.05) is 12.0 Å². The Kier molecular flexibility index (Phi) is 5.93. The number of hydrogen-bond donors (Lipinski definition) is 3. The van der Waals surface area contributed by atoms with E-state index in [1.54, 1.807) is 6.92 Å². The van der Waals surface area contributed by atoms with Gasteiger partial charge in [0.05, 0.1) is 12.0 Å². The molecular formula is C24H22N2O6. The van der Waals surface area contributed by atoms with E-state index in [2.05, 4.69) is 10.6 Å². The third-order valence-corrected chi connectivity index (χ3v) is 5.46. The van der Waals surface area contributed by atoms with E-state index in [-0.39, 0.29) is 30.4 Å². The minimum atomic E-state index is -1.15. The van der Waals surface area contributed by atoms with Gasteiger partial charge in [-0.2, -0.15) is 0 Å². The minimum Gasteiger partial charge on any atom is -0.480 e. The highest BCUT2D eigenvalue weighted by atomic mass is 16.5. The highest BCUT2D eigenvalue weighted by molar-refractivity contribution is 6.01. The summed E-state index contributed by atoms with van der Waals surface area (Å²) in [6.07, 6.45) is 0.694. The lowest BCUT2D eigenvalue weighted by molar-refractivity contribution is -0.139. The molecular weight excluding hydrogens is 412 g/mol. The molecule has 3 N–H and O–H groups in total. The maximum atomic E-state index is 12.5. The summed E-state index contributed by atoms with van der Waals surface area (Å²) < 4.78 is 10.6. The minimum absolute atomic E-state index is 0.0962. The highest BCUT2D eigenvalue weighted by Gasteiger charge is 2.29. The molecule has 0 fully saturated rings. The van der Waals surface area contributed by atoms with Crippen molar-refractivity contribution in [3.8, 4) is 11.1 Å². The molecule has 3 aromatic rings. The molecule has 164 valence electrons. The highest BCUT2D eigenvalue weighted by Crippen LogP contribution is 2.44. The number of carbonyl (C=O) groups excluding carboxylic acids is 2. The van der Waals surface area contributed by atoms with Gasteiger partial charge >= 0.3 is 12.1 Å². The largest absolute Gasteiger partial charge is 0.480 e. The van der Waals surface area contributed by atoms with Gasteiger partial charge in [-0.05, 0) is 28.7 Å². The number of anilines is 1. The van der Waals surface area contributed by atoms with Crippen molar-refractivity contribution >= 4 is 23.7 Å². The number of ether oxygens (including phenoxy) is 1. The van der Waals surface area contributed by atoms with Crippen LogP contribution in [0.5, 0.6) is 0 Å². The van der Waals surface area contributed by atoms with E-state index in [9.17, 15) is 14.4 Å². The van der Waals surface area contributed by atoms with Crippen LogP contribution in [0.25, 0.3) is 11.1 Å². The van der Waals surface area contributed by atoms with Crippen molar-refractivity contribution in [1.82, 2.24) is 5.32 Å². The third kappa shape index (κ3) is 4.07. The molecule has 1 atom stereocenters. The molecule has 1 aromatic heterocycles. The van der Waals surface area contributed by atoms with Crippen LogP contribution in [0, 0.1) is 0 Å². The van der Waals surface area contributed by atoms with Crippen LogP contribution < -0.4 is 10.6 Å². The Bertz CT molecular complexity index is 1120. The zero-order valence-corrected chi connectivity index (χ0v) is 17.3. The second-order valence-electron chi connectivity index (χ2n) is 7.39. The van der Waals surface area contributed by atoms with Gasteiger partial charge in [0.1, 0.15) is 12.6 Å². The van der Waals surface area contributed by atoms with E-state index < -0.39 is 24.0 Å². The van der Waals surface area contributed by atoms with Gasteiger partial charge in [-0.25, -0.2) is 9.59 Å². The molecule has 0 saturated heterocycles. The predicted molar refractivity (Wildman–Crippen MR) is 117 cm³/mol. The monoisotopic (exact) mass is 434 g/mol. The average Bonchev–Trinajstić information content (AvgIpc) is 3.38. The molecule has 0 radical (unpaired) electrons.